The average Bonchev–Trinajstić information content (AvgIpc) is 2.36. The molecule has 4 N–H and O–H groups in total. The van der Waals surface area contributed by atoms with Crippen molar-refractivity contribution < 1.29 is 9.59 Å². The monoisotopic (exact) mass is 241 g/mol. The first kappa shape index (κ1) is 14.0. The molecule has 0 heterocycles. The van der Waals surface area contributed by atoms with Crippen molar-refractivity contribution in [2.45, 2.75) is 44.6 Å². The van der Waals surface area contributed by atoms with Gasteiger partial charge in [-0.25, -0.2) is 0 Å². The van der Waals surface area contributed by atoms with E-state index >= 15 is 0 Å². The van der Waals surface area contributed by atoms with Crippen molar-refractivity contribution >= 4 is 11.8 Å². The molecule has 1 saturated carbocycles. The van der Waals surface area contributed by atoms with Gasteiger partial charge in [-0.1, -0.05) is 32.1 Å². The zero-order valence-electron chi connectivity index (χ0n) is 10.5. The second-order valence-electron chi connectivity index (χ2n) is 4.74. The van der Waals surface area contributed by atoms with E-state index in [0.717, 1.165) is 6.42 Å². The van der Waals surface area contributed by atoms with Crippen LogP contribution in [0.4, 0.5) is 0 Å². The minimum atomic E-state index is -0.484. The Morgan fingerprint density at radius 2 is 1.94 bits per heavy atom. The molecule has 1 aliphatic carbocycles. The quantitative estimate of drug-likeness (QED) is 0.640. The lowest BCUT2D eigenvalue weighted by atomic mass is 9.85. The Bertz CT molecular complexity index is 262. The lowest BCUT2D eigenvalue weighted by molar-refractivity contribution is -0.126. The zero-order chi connectivity index (χ0) is 12.7. The largest absolute Gasteiger partial charge is 0.358 e. The molecule has 0 radical (unpaired) electrons. The van der Waals surface area contributed by atoms with Gasteiger partial charge in [-0.05, 0) is 12.3 Å². The van der Waals surface area contributed by atoms with E-state index in [0.29, 0.717) is 5.92 Å². The number of nitrogens with one attached hydrogen (secondary N) is 2. The molecule has 0 spiro atoms. The van der Waals surface area contributed by atoms with Gasteiger partial charge in [0, 0.05) is 7.05 Å². The fourth-order valence-electron chi connectivity index (χ4n) is 2.28. The predicted octanol–water partition coefficient (Wildman–Crippen LogP) is 0.146. The molecule has 98 valence electrons. The molecule has 0 aliphatic heterocycles. The van der Waals surface area contributed by atoms with Crippen LogP contribution < -0.4 is 16.4 Å². The normalized spacial score (nSPS) is 18.5. The Balaban J connectivity index is 2.23. The summed E-state index contributed by atoms with van der Waals surface area (Å²) < 4.78 is 0. The summed E-state index contributed by atoms with van der Waals surface area (Å²) >= 11 is 0. The third-order valence-electron chi connectivity index (χ3n) is 3.35. The van der Waals surface area contributed by atoms with Crippen LogP contribution in [0, 0.1) is 5.92 Å². The van der Waals surface area contributed by atoms with Crippen LogP contribution in [0.3, 0.4) is 0 Å². The predicted molar refractivity (Wildman–Crippen MR) is 66.2 cm³/mol. The molecule has 1 aliphatic rings. The van der Waals surface area contributed by atoms with Gasteiger partial charge in [-0.3, -0.25) is 9.59 Å². The summed E-state index contributed by atoms with van der Waals surface area (Å²) in [5, 5.41) is 4.99. The minimum Gasteiger partial charge on any atom is -0.358 e. The summed E-state index contributed by atoms with van der Waals surface area (Å²) in [6.07, 6.45) is 6.88. The van der Waals surface area contributed by atoms with Gasteiger partial charge in [0.25, 0.3) is 0 Å². The topological polar surface area (TPSA) is 84.2 Å². The van der Waals surface area contributed by atoms with Crippen LogP contribution in [0.15, 0.2) is 0 Å². The third kappa shape index (κ3) is 5.17. The maximum absolute atomic E-state index is 11.6. The highest BCUT2D eigenvalue weighted by atomic mass is 16.2. The van der Waals surface area contributed by atoms with Crippen LogP contribution in [0.1, 0.15) is 38.5 Å². The lowest BCUT2D eigenvalue weighted by Gasteiger charge is -2.24. The molecule has 0 aromatic heterocycles. The van der Waals surface area contributed by atoms with Crippen molar-refractivity contribution in [2.75, 3.05) is 13.6 Å². The number of likely N-dealkylation sites (N-methyl/N-ethyl adjacent to an activating group) is 1. The lowest BCUT2D eigenvalue weighted by Crippen LogP contribution is -2.45. The Morgan fingerprint density at radius 3 is 2.53 bits per heavy atom. The van der Waals surface area contributed by atoms with E-state index in [4.69, 9.17) is 5.73 Å². The minimum absolute atomic E-state index is 0.00764. The molecule has 0 saturated heterocycles. The second-order valence-corrected chi connectivity index (χ2v) is 4.74. The summed E-state index contributed by atoms with van der Waals surface area (Å²) in [5.41, 5.74) is 5.83. The van der Waals surface area contributed by atoms with E-state index in [1.54, 1.807) is 0 Å². The van der Waals surface area contributed by atoms with Crippen molar-refractivity contribution in [3.63, 3.8) is 0 Å². The van der Waals surface area contributed by atoms with Gasteiger partial charge in [0.15, 0.2) is 0 Å². The highest BCUT2D eigenvalue weighted by Crippen LogP contribution is 2.26. The number of hydrogen-bond donors (Lipinski definition) is 3. The third-order valence-corrected chi connectivity index (χ3v) is 3.35. The van der Waals surface area contributed by atoms with Gasteiger partial charge in [0.2, 0.25) is 11.8 Å². The first-order chi connectivity index (χ1) is 8.13. The number of amides is 2. The molecule has 5 nitrogen and oxygen atoms in total. The molecular weight excluding hydrogens is 218 g/mol. The number of carbonyl (C=O) groups excluding carboxylic acids is 2. The maximum Gasteiger partial charge on any atom is 0.239 e. The fourth-order valence-corrected chi connectivity index (χ4v) is 2.28. The van der Waals surface area contributed by atoms with Crippen LogP contribution in [-0.2, 0) is 9.59 Å². The molecule has 0 aromatic carbocycles. The Labute approximate surface area is 103 Å². The molecule has 5 heteroatoms. The Hall–Kier alpha value is -1.10. The van der Waals surface area contributed by atoms with E-state index in [1.165, 1.54) is 39.2 Å². The average molecular weight is 241 g/mol. The highest BCUT2D eigenvalue weighted by Gasteiger charge is 2.21. The molecule has 0 bridgehead atoms. The summed E-state index contributed by atoms with van der Waals surface area (Å²) in [4.78, 5) is 22.6. The first-order valence-corrected chi connectivity index (χ1v) is 6.37. The van der Waals surface area contributed by atoms with Gasteiger partial charge in [-0.15, -0.1) is 0 Å². The van der Waals surface area contributed by atoms with E-state index in [-0.39, 0.29) is 18.4 Å². The molecule has 1 unspecified atom stereocenters. The summed E-state index contributed by atoms with van der Waals surface area (Å²) in [7, 11) is 1.54. The van der Waals surface area contributed by atoms with Crippen molar-refractivity contribution in [2.24, 2.45) is 11.7 Å². The highest BCUT2D eigenvalue weighted by molar-refractivity contribution is 5.87. The SMILES string of the molecule is CNC(=O)CNC(=O)C(N)CC1CCCCC1. The van der Waals surface area contributed by atoms with Gasteiger partial charge >= 0.3 is 0 Å². The van der Waals surface area contributed by atoms with Crippen molar-refractivity contribution in [3.05, 3.63) is 0 Å². The van der Waals surface area contributed by atoms with Gasteiger partial charge < -0.3 is 16.4 Å². The first-order valence-electron chi connectivity index (χ1n) is 6.37. The molecule has 1 atom stereocenters. The van der Waals surface area contributed by atoms with Crippen molar-refractivity contribution in [1.82, 2.24) is 10.6 Å². The second kappa shape index (κ2) is 7.27. The molecule has 2 amide bonds. The fraction of sp³-hybridized carbons (Fsp3) is 0.833. The van der Waals surface area contributed by atoms with E-state index in [1.807, 2.05) is 0 Å². The van der Waals surface area contributed by atoms with Crippen molar-refractivity contribution in [1.29, 1.82) is 0 Å². The molecule has 0 aromatic rings. The van der Waals surface area contributed by atoms with Crippen LogP contribution in [0.25, 0.3) is 0 Å². The Morgan fingerprint density at radius 1 is 1.29 bits per heavy atom. The number of hydrogen-bond acceptors (Lipinski definition) is 3. The number of nitrogens with two attached hydrogens (primary N) is 1. The van der Waals surface area contributed by atoms with Gasteiger partial charge in [-0.2, -0.15) is 0 Å². The molecule has 1 rings (SSSR count). The molecular formula is C12H23N3O2. The molecule has 1 fully saturated rings. The standard InChI is InChI=1S/C12H23N3O2/c1-14-11(16)8-15-12(17)10(13)7-9-5-3-2-4-6-9/h9-10H,2-8,13H2,1H3,(H,14,16)(H,15,17). The van der Waals surface area contributed by atoms with Crippen molar-refractivity contribution in [3.8, 4) is 0 Å². The van der Waals surface area contributed by atoms with Crippen LogP contribution >= 0.6 is 0 Å². The number of carbonyl (C=O) groups is 2. The van der Waals surface area contributed by atoms with E-state index in [2.05, 4.69) is 10.6 Å². The van der Waals surface area contributed by atoms with Gasteiger partial charge in [0.05, 0.1) is 12.6 Å². The maximum atomic E-state index is 11.6. The summed E-state index contributed by atoms with van der Waals surface area (Å²) in [5.74, 6) is 0.145. The van der Waals surface area contributed by atoms with Crippen LogP contribution in [-0.4, -0.2) is 31.4 Å². The van der Waals surface area contributed by atoms with E-state index in [9.17, 15) is 9.59 Å². The number of rotatable bonds is 5. The Kier molecular flexibility index (Phi) is 5.97. The van der Waals surface area contributed by atoms with Crippen LogP contribution in [0.2, 0.25) is 0 Å². The summed E-state index contributed by atoms with van der Waals surface area (Å²) in [6.45, 7) is 0.00764. The zero-order valence-corrected chi connectivity index (χ0v) is 10.5. The van der Waals surface area contributed by atoms with Gasteiger partial charge in [0.1, 0.15) is 0 Å². The van der Waals surface area contributed by atoms with E-state index < -0.39 is 6.04 Å². The van der Waals surface area contributed by atoms with Crippen LogP contribution in [0.5, 0.6) is 0 Å². The molecule has 17 heavy (non-hydrogen) atoms. The summed E-state index contributed by atoms with van der Waals surface area (Å²) in [6, 6.07) is -0.484. The smallest absolute Gasteiger partial charge is 0.239 e.